The predicted octanol–water partition coefficient (Wildman–Crippen LogP) is -2.22. The Balaban J connectivity index is 0.000000161. The molecule has 5 N–H and O–H groups in total. The van der Waals surface area contributed by atoms with E-state index in [1.54, 1.807) is 0 Å². The van der Waals surface area contributed by atoms with Gasteiger partial charge in [0.25, 0.3) is 0 Å². The van der Waals surface area contributed by atoms with E-state index in [0.717, 1.165) is 0 Å². The van der Waals surface area contributed by atoms with E-state index >= 15 is 0 Å². The van der Waals surface area contributed by atoms with Gasteiger partial charge in [0.1, 0.15) is 11.5 Å². The lowest BCUT2D eigenvalue weighted by atomic mass is 10.1. The monoisotopic (exact) mass is 397 g/mol. The van der Waals surface area contributed by atoms with E-state index in [0.29, 0.717) is 0 Å². The highest BCUT2D eigenvalue weighted by atomic mass is 16.5. The van der Waals surface area contributed by atoms with Crippen molar-refractivity contribution in [2.24, 2.45) is 5.73 Å². The molecule has 4 aliphatic heterocycles. The van der Waals surface area contributed by atoms with Crippen molar-refractivity contribution >= 4 is 23.8 Å². The maximum Gasteiger partial charge on any atom is 0.334 e. The molecule has 0 radical (unpaired) electrons. The van der Waals surface area contributed by atoms with Crippen LogP contribution in [0.4, 0.5) is 0 Å². The molecule has 0 aromatic rings. The highest BCUT2D eigenvalue weighted by Crippen LogP contribution is 2.37. The van der Waals surface area contributed by atoms with Crippen molar-refractivity contribution < 1.29 is 44.0 Å². The van der Waals surface area contributed by atoms with Crippen LogP contribution in [0, 0.1) is 0 Å². The molecule has 0 aromatic heterocycles. The number of carbonyl (C=O) groups is 4. The smallest absolute Gasteiger partial charge is 0.334 e. The fraction of sp³-hybridized carbons (Fsp3) is 0.500. The minimum Gasteiger partial charge on any atom is -0.479 e. The molecule has 4 aliphatic rings. The molecule has 0 aromatic carbocycles. The molecule has 12 nitrogen and oxygen atoms in total. The quantitative estimate of drug-likeness (QED) is 0.379. The molecule has 152 valence electrons. The molecule has 2 amide bonds. The molecule has 4 heterocycles. The summed E-state index contributed by atoms with van der Waals surface area (Å²) in [5.41, 5.74) is 5.26. The Labute approximate surface area is 158 Å². The van der Waals surface area contributed by atoms with Crippen LogP contribution in [-0.2, 0) is 28.7 Å². The lowest BCUT2D eigenvalue weighted by Crippen LogP contribution is -2.54. The summed E-state index contributed by atoms with van der Waals surface area (Å²) in [4.78, 5) is 46.3. The van der Waals surface area contributed by atoms with Gasteiger partial charge in [-0.1, -0.05) is 0 Å². The second-order valence-electron chi connectivity index (χ2n) is 6.27. The maximum absolute atomic E-state index is 11.1. The van der Waals surface area contributed by atoms with Gasteiger partial charge in [0.15, 0.2) is 24.5 Å². The van der Waals surface area contributed by atoms with Crippen LogP contribution in [0.3, 0.4) is 0 Å². The highest BCUT2D eigenvalue weighted by molar-refractivity contribution is 5.91. The summed E-state index contributed by atoms with van der Waals surface area (Å²) < 4.78 is 10.4. The number of fused-ring (bicyclic) bond motifs is 2. The third-order valence-corrected chi connectivity index (χ3v) is 4.61. The number of amides is 2. The van der Waals surface area contributed by atoms with E-state index in [9.17, 15) is 19.2 Å². The third kappa shape index (κ3) is 3.16. The summed E-state index contributed by atoms with van der Waals surface area (Å²) in [5.74, 6) is -2.22. The molecule has 0 spiro atoms. The molecule has 0 unspecified atom stereocenters. The van der Waals surface area contributed by atoms with Gasteiger partial charge in [0, 0.05) is 6.54 Å². The summed E-state index contributed by atoms with van der Waals surface area (Å²) in [6.45, 7) is -0.0955. The molecule has 12 heteroatoms. The number of nitrogens with zero attached hydrogens (tertiary/aromatic N) is 2. The zero-order valence-electron chi connectivity index (χ0n) is 14.6. The van der Waals surface area contributed by atoms with E-state index in [1.165, 1.54) is 22.0 Å². The Kier molecular flexibility index (Phi) is 5.25. The van der Waals surface area contributed by atoms with Gasteiger partial charge in [0.2, 0.25) is 11.8 Å². The first-order valence-corrected chi connectivity index (χ1v) is 8.42. The Morgan fingerprint density at radius 3 is 1.71 bits per heavy atom. The van der Waals surface area contributed by atoms with Gasteiger partial charge >= 0.3 is 11.9 Å². The first kappa shape index (κ1) is 19.6. The SMILES string of the molecule is NC/C=C1\O[C@H]2CC(=O)N2[C@@H]1C(=O)O.O=C(O)[C@H]1/C(=C/CO)O[C@@H]2CC(=O)N21. The number of hydrogen-bond donors (Lipinski definition) is 4. The van der Waals surface area contributed by atoms with Crippen molar-refractivity contribution in [3.05, 3.63) is 23.7 Å². The number of aliphatic hydroxyl groups is 1. The molecule has 0 aliphatic carbocycles. The maximum atomic E-state index is 11.1. The molecular formula is C16H19N3O9. The van der Waals surface area contributed by atoms with Crippen LogP contribution in [0.5, 0.6) is 0 Å². The average Bonchev–Trinajstić information content (AvgIpc) is 3.07. The van der Waals surface area contributed by atoms with Gasteiger partial charge in [-0.15, -0.1) is 0 Å². The lowest BCUT2D eigenvalue weighted by Gasteiger charge is -2.33. The van der Waals surface area contributed by atoms with Gasteiger partial charge in [-0.25, -0.2) is 9.59 Å². The first-order chi connectivity index (χ1) is 13.3. The summed E-state index contributed by atoms with van der Waals surface area (Å²) in [6.07, 6.45) is 2.37. The number of ether oxygens (including phenoxy) is 2. The lowest BCUT2D eigenvalue weighted by molar-refractivity contribution is -0.163. The Bertz CT molecular complexity index is 713. The fourth-order valence-corrected chi connectivity index (χ4v) is 3.34. The minimum atomic E-state index is -1.14. The molecule has 4 rings (SSSR count). The summed E-state index contributed by atoms with van der Waals surface area (Å²) in [6, 6.07) is -2.04. The van der Waals surface area contributed by atoms with Gasteiger partial charge in [-0.2, -0.15) is 0 Å². The average molecular weight is 397 g/mol. The van der Waals surface area contributed by atoms with E-state index in [2.05, 4.69) is 0 Å². The number of carboxylic acid groups (broad SMARTS) is 2. The topological polar surface area (TPSA) is 180 Å². The number of hydrogen-bond acceptors (Lipinski definition) is 8. The summed E-state index contributed by atoms with van der Waals surface area (Å²) in [7, 11) is 0. The van der Waals surface area contributed by atoms with E-state index in [1.807, 2.05) is 0 Å². The van der Waals surface area contributed by atoms with Crippen molar-refractivity contribution in [3.8, 4) is 0 Å². The van der Waals surface area contributed by atoms with Crippen LogP contribution in [-0.4, -0.2) is 86.6 Å². The van der Waals surface area contributed by atoms with Crippen molar-refractivity contribution in [3.63, 3.8) is 0 Å². The molecule has 0 bridgehead atoms. The van der Waals surface area contributed by atoms with E-state index < -0.39 is 36.5 Å². The van der Waals surface area contributed by atoms with Crippen LogP contribution in [0.15, 0.2) is 23.7 Å². The van der Waals surface area contributed by atoms with Crippen LogP contribution in [0.1, 0.15) is 12.8 Å². The van der Waals surface area contributed by atoms with Crippen LogP contribution < -0.4 is 5.73 Å². The van der Waals surface area contributed by atoms with Crippen molar-refractivity contribution in [2.75, 3.05) is 13.2 Å². The van der Waals surface area contributed by atoms with E-state index in [4.69, 9.17) is 30.5 Å². The number of nitrogens with two attached hydrogens (primary N) is 1. The Morgan fingerprint density at radius 1 is 0.964 bits per heavy atom. The Morgan fingerprint density at radius 2 is 1.39 bits per heavy atom. The molecule has 0 saturated carbocycles. The zero-order valence-corrected chi connectivity index (χ0v) is 14.6. The standard InChI is InChI=1S/C8H10N2O4.C8H9NO5/c9-2-1-4-7(8(12)13)10-5(11)3-6(10)14-4;10-2-1-4-7(8(12)13)9-5(11)3-6(9)14-4/h1,6-7H,2-3,9H2,(H,12,13);1,6-7,10H,2-3H2,(H,12,13)/b2*4-1-/t2*6-,7-/m01/s1. The second-order valence-corrected chi connectivity index (χ2v) is 6.27. The van der Waals surface area contributed by atoms with Gasteiger partial charge in [0.05, 0.1) is 19.4 Å². The van der Waals surface area contributed by atoms with Gasteiger partial charge in [-0.3, -0.25) is 19.4 Å². The normalized spacial score (nSPS) is 32.5. The number of aliphatic carboxylic acids is 2. The van der Waals surface area contributed by atoms with Crippen molar-refractivity contribution in [2.45, 2.75) is 37.4 Å². The largest absolute Gasteiger partial charge is 0.479 e. The van der Waals surface area contributed by atoms with Crippen LogP contribution in [0.2, 0.25) is 0 Å². The number of carbonyl (C=O) groups excluding carboxylic acids is 2. The van der Waals surface area contributed by atoms with Crippen LogP contribution >= 0.6 is 0 Å². The first-order valence-electron chi connectivity index (χ1n) is 8.42. The molecule has 28 heavy (non-hydrogen) atoms. The number of aliphatic hydroxyl groups excluding tert-OH is 1. The van der Waals surface area contributed by atoms with E-state index in [-0.39, 0.29) is 49.3 Å². The summed E-state index contributed by atoms with van der Waals surface area (Å²) in [5, 5.41) is 26.4. The number of carboxylic acids is 2. The summed E-state index contributed by atoms with van der Waals surface area (Å²) >= 11 is 0. The van der Waals surface area contributed by atoms with Crippen molar-refractivity contribution in [1.82, 2.24) is 9.80 Å². The van der Waals surface area contributed by atoms with Gasteiger partial charge in [-0.05, 0) is 12.2 Å². The van der Waals surface area contributed by atoms with Crippen molar-refractivity contribution in [1.29, 1.82) is 0 Å². The van der Waals surface area contributed by atoms with Gasteiger partial charge < -0.3 is 30.5 Å². The minimum absolute atomic E-state index is 0.149. The molecule has 4 saturated heterocycles. The Hall–Kier alpha value is -3.12. The predicted molar refractivity (Wildman–Crippen MR) is 87.8 cm³/mol. The molecular weight excluding hydrogens is 378 g/mol. The fourth-order valence-electron chi connectivity index (χ4n) is 3.34. The molecule has 4 atom stereocenters. The molecule has 4 fully saturated rings. The highest BCUT2D eigenvalue weighted by Gasteiger charge is 2.54. The number of β-lactam (4-membered cyclic amide) rings is 2. The second kappa shape index (κ2) is 7.48. The number of rotatable bonds is 4. The zero-order chi connectivity index (χ0) is 20.6. The van der Waals surface area contributed by atoms with Crippen LogP contribution in [0.25, 0.3) is 0 Å². The third-order valence-electron chi connectivity index (χ3n) is 4.61.